The first-order valence-corrected chi connectivity index (χ1v) is 9.80. The normalized spacial score (nSPS) is 15.8. The maximum atomic E-state index is 13.4. The Morgan fingerprint density at radius 2 is 1.93 bits per heavy atom. The zero-order valence-corrected chi connectivity index (χ0v) is 16.7. The van der Waals surface area contributed by atoms with E-state index in [4.69, 9.17) is 9.15 Å². The van der Waals surface area contributed by atoms with Crippen LogP contribution in [-0.2, 0) is 0 Å². The van der Waals surface area contributed by atoms with Gasteiger partial charge in [-0.1, -0.05) is 24.6 Å². The van der Waals surface area contributed by atoms with Crippen molar-refractivity contribution in [3.63, 3.8) is 0 Å². The zero-order valence-electron chi connectivity index (χ0n) is 16.7. The van der Waals surface area contributed by atoms with Gasteiger partial charge >= 0.3 is 0 Å². The number of phenolic OH excluding ortho intramolecular Hbond substituents is 1. The first-order valence-electron chi connectivity index (χ1n) is 9.80. The Morgan fingerprint density at radius 3 is 2.66 bits per heavy atom. The minimum atomic E-state index is -0.585. The molecule has 150 valence electrons. The van der Waals surface area contributed by atoms with Crippen molar-refractivity contribution in [3.8, 4) is 11.5 Å². The van der Waals surface area contributed by atoms with Gasteiger partial charge in [-0.3, -0.25) is 9.59 Å². The Balaban J connectivity index is 1.98. The standard InChI is InChI=1S/C23H23NO5/c1-4-10-24-20(14-7-8-16(25)18(12-14)28-5-2)19-21(26)15-11-13(3)6-9-17(15)29-22(19)23(24)27/h6-9,11-12,20,25H,4-5,10H2,1-3H3/t20-/m0/s1. The van der Waals surface area contributed by atoms with Gasteiger partial charge in [-0.15, -0.1) is 0 Å². The summed E-state index contributed by atoms with van der Waals surface area (Å²) in [6.45, 7) is 6.58. The van der Waals surface area contributed by atoms with E-state index in [0.29, 0.717) is 41.0 Å². The molecule has 0 aliphatic carbocycles. The predicted octanol–water partition coefficient (Wildman–Crippen LogP) is 4.16. The maximum Gasteiger partial charge on any atom is 0.290 e. The molecule has 1 aromatic heterocycles. The van der Waals surface area contributed by atoms with Crippen molar-refractivity contribution >= 4 is 16.9 Å². The van der Waals surface area contributed by atoms with E-state index >= 15 is 0 Å². The minimum Gasteiger partial charge on any atom is -0.504 e. The fourth-order valence-corrected chi connectivity index (χ4v) is 3.92. The lowest BCUT2D eigenvalue weighted by molar-refractivity contribution is 0.0728. The average molecular weight is 393 g/mol. The lowest BCUT2D eigenvalue weighted by atomic mass is 9.97. The molecule has 0 saturated heterocycles. The summed E-state index contributed by atoms with van der Waals surface area (Å²) in [6.07, 6.45) is 0.736. The van der Waals surface area contributed by atoms with Crippen LogP contribution < -0.4 is 10.2 Å². The third kappa shape index (κ3) is 3.05. The Kier molecular flexibility index (Phi) is 4.78. The molecule has 1 atom stereocenters. The van der Waals surface area contributed by atoms with Gasteiger partial charge in [0.25, 0.3) is 5.91 Å². The van der Waals surface area contributed by atoms with Crippen LogP contribution in [0.15, 0.2) is 45.6 Å². The summed E-state index contributed by atoms with van der Waals surface area (Å²) < 4.78 is 11.4. The van der Waals surface area contributed by atoms with E-state index in [9.17, 15) is 14.7 Å². The first-order chi connectivity index (χ1) is 14.0. The average Bonchev–Trinajstić information content (AvgIpc) is 2.97. The van der Waals surface area contributed by atoms with Crippen LogP contribution in [0.25, 0.3) is 11.0 Å². The van der Waals surface area contributed by atoms with Crippen LogP contribution in [-0.4, -0.2) is 29.1 Å². The highest BCUT2D eigenvalue weighted by atomic mass is 16.5. The second-order valence-electron chi connectivity index (χ2n) is 7.23. The second-order valence-corrected chi connectivity index (χ2v) is 7.23. The van der Waals surface area contributed by atoms with E-state index < -0.39 is 6.04 Å². The summed E-state index contributed by atoms with van der Waals surface area (Å²) in [5, 5.41) is 10.5. The monoisotopic (exact) mass is 393 g/mol. The summed E-state index contributed by atoms with van der Waals surface area (Å²) in [5.74, 6) is 0.139. The van der Waals surface area contributed by atoms with Gasteiger partial charge in [0.05, 0.1) is 23.6 Å². The Bertz CT molecular complexity index is 1160. The van der Waals surface area contributed by atoms with Gasteiger partial charge in [0.15, 0.2) is 16.9 Å². The first kappa shape index (κ1) is 19.1. The fourth-order valence-electron chi connectivity index (χ4n) is 3.92. The topological polar surface area (TPSA) is 80.0 Å². The minimum absolute atomic E-state index is 0.0170. The molecule has 0 radical (unpaired) electrons. The van der Waals surface area contributed by atoms with Gasteiger partial charge in [-0.05, 0) is 50.1 Å². The molecule has 2 heterocycles. The fraction of sp³-hybridized carbons (Fsp3) is 0.304. The number of phenols is 1. The third-order valence-electron chi connectivity index (χ3n) is 5.19. The molecule has 1 aliphatic rings. The van der Waals surface area contributed by atoms with Crippen molar-refractivity contribution < 1.29 is 19.1 Å². The van der Waals surface area contributed by atoms with Crippen molar-refractivity contribution in [1.82, 2.24) is 4.90 Å². The van der Waals surface area contributed by atoms with Crippen LogP contribution in [0.4, 0.5) is 0 Å². The number of amides is 1. The Morgan fingerprint density at radius 1 is 1.14 bits per heavy atom. The highest BCUT2D eigenvalue weighted by Gasteiger charge is 2.42. The molecule has 0 spiro atoms. The van der Waals surface area contributed by atoms with E-state index in [-0.39, 0.29) is 22.8 Å². The van der Waals surface area contributed by atoms with Crippen LogP contribution in [0.3, 0.4) is 0 Å². The molecule has 2 aromatic carbocycles. The summed E-state index contributed by atoms with van der Waals surface area (Å²) >= 11 is 0. The van der Waals surface area contributed by atoms with E-state index in [0.717, 1.165) is 12.0 Å². The number of aromatic hydroxyl groups is 1. The van der Waals surface area contributed by atoms with Crippen molar-refractivity contribution in [3.05, 3.63) is 69.1 Å². The molecule has 6 nitrogen and oxygen atoms in total. The number of fused-ring (bicyclic) bond motifs is 2. The van der Waals surface area contributed by atoms with E-state index in [1.165, 1.54) is 6.07 Å². The van der Waals surface area contributed by atoms with Crippen molar-refractivity contribution in [2.75, 3.05) is 13.2 Å². The number of aryl methyl sites for hydroxylation is 1. The lowest BCUT2D eigenvalue weighted by Crippen LogP contribution is -2.30. The summed E-state index contributed by atoms with van der Waals surface area (Å²) in [5.41, 5.74) is 2.19. The molecular weight excluding hydrogens is 370 g/mol. The molecule has 4 rings (SSSR count). The van der Waals surface area contributed by atoms with Crippen LogP contribution in [0, 0.1) is 6.92 Å². The van der Waals surface area contributed by atoms with Crippen LogP contribution >= 0.6 is 0 Å². The van der Waals surface area contributed by atoms with Gasteiger partial charge in [0.2, 0.25) is 5.76 Å². The molecule has 29 heavy (non-hydrogen) atoms. The summed E-state index contributed by atoms with van der Waals surface area (Å²) in [7, 11) is 0. The molecule has 1 N–H and O–H groups in total. The number of nitrogens with zero attached hydrogens (tertiary/aromatic N) is 1. The van der Waals surface area contributed by atoms with Gasteiger partial charge in [-0.25, -0.2) is 0 Å². The molecular formula is C23H23NO5. The molecule has 0 fully saturated rings. The number of carbonyl (C=O) groups excluding carboxylic acids is 1. The van der Waals surface area contributed by atoms with Crippen LogP contribution in [0.2, 0.25) is 0 Å². The summed E-state index contributed by atoms with van der Waals surface area (Å²) in [6, 6.07) is 9.71. The van der Waals surface area contributed by atoms with Crippen molar-refractivity contribution in [2.45, 2.75) is 33.2 Å². The number of rotatable bonds is 5. The molecule has 3 aromatic rings. The van der Waals surface area contributed by atoms with E-state index in [2.05, 4.69) is 0 Å². The molecule has 6 heteroatoms. The Hall–Kier alpha value is -3.28. The van der Waals surface area contributed by atoms with Gasteiger partial charge in [0.1, 0.15) is 5.58 Å². The Labute approximate surface area is 168 Å². The van der Waals surface area contributed by atoms with E-state index in [1.54, 1.807) is 29.2 Å². The van der Waals surface area contributed by atoms with Gasteiger partial charge in [0, 0.05) is 6.54 Å². The SMILES string of the molecule is CCCN1C(=O)c2oc3ccc(C)cc3c(=O)c2[C@@H]1c1ccc(O)c(OCC)c1. The van der Waals surface area contributed by atoms with Gasteiger partial charge < -0.3 is 19.2 Å². The second kappa shape index (κ2) is 7.28. The quantitative estimate of drug-likeness (QED) is 0.704. The highest BCUT2D eigenvalue weighted by Crippen LogP contribution is 2.40. The van der Waals surface area contributed by atoms with Crippen molar-refractivity contribution in [1.29, 1.82) is 0 Å². The number of hydrogen-bond donors (Lipinski definition) is 1. The maximum absolute atomic E-state index is 13.4. The number of ether oxygens (including phenoxy) is 1. The number of benzene rings is 2. The predicted molar refractivity (Wildman–Crippen MR) is 110 cm³/mol. The van der Waals surface area contributed by atoms with Crippen LogP contribution in [0.1, 0.15) is 53.6 Å². The molecule has 0 unspecified atom stereocenters. The number of hydrogen-bond acceptors (Lipinski definition) is 5. The smallest absolute Gasteiger partial charge is 0.290 e. The summed E-state index contributed by atoms with van der Waals surface area (Å²) in [4.78, 5) is 28.2. The number of carbonyl (C=O) groups is 1. The van der Waals surface area contributed by atoms with Crippen molar-refractivity contribution in [2.24, 2.45) is 0 Å². The molecule has 0 bridgehead atoms. The molecule has 1 amide bonds. The van der Waals surface area contributed by atoms with Gasteiger partial charge in [-0.2, -0.15) is 0 Å². The third-order valence-corrected chi connectivity index (χ3v) is 5.19. The lowest BCUT2D eigenvalue weighted by Gasteiger charge is -2.25. The zero-order chi connectivity index (χ0) is 20.7. The molecule has 1 aliphatic heterocycles. The van der Waals surface area contributed by atoms with E-state index in [1.807, 2.05) is 26.8 Å². The van der Waals surface area contributed by atoms with Crippen LogP contribution in [0.5, 0.6) is 11.5 Å². The molecule has 0 saturated carbocycles. The highest BCUT2D eigenvalue weighted by molar-refractivity contribution is 5.99. The largest absolute Gasteiger partial charge is 0.504 e.